The second-order valence-corrected chi connectivity index (χ2v) is 6.16. The number of hydrogen-bond acceptors (Lipinski definition) is 4. The van der Waals surface area contributed by atoms with Crippen LogP contribution in [0.4, 0.5) is 4.39 Å². The first-order valence-corrected chi connectivity index (χ1v) is 8.75. The van der Waals surface area contributed by atoms with Gasteiger partial charge in [0.15, 0.2) is 6.61 Å². The van der Waals surface area contributed by atoms with E-state index in [1.807, 2.05) is 18.2 Å². The zero-order chi connectivity index (χ0) is 18.2. The van der Waals surface area contributed by atoms with Crippen molar-refractivity contribution in [3.05, 3.63) is 66.0 Å². The Morgan fingerprint density at radius 1 is 1.19 bits per heavy atom. The molecule has 1 atom stereocenters. The van der Waals surface area contributed by atoms with E-state index in [1.54, 1.807) is 0 Å². The Hall–Kier alpha value is -2.44. The van der Waals surface area contributed by atoms with Crippen LogP contribution in [0.1, 0.15) is 11.7 Å². The fourth-order valence-electron chi connectivity index (χ4n) is 2.86. The maximum absolute atomic E-state index is 12.8. The highest BCUT2D eigenvalue weighted by Gasteiger charge is 2.21. The average Bonchev–Trinajstić information content (AvgIpc) is 2.68. The summed E-state index contributed by atoms with van der Waals surface area (Å²) in [7, 11) is 0. The molecule has 1 fully saturated rings. The van der Waals surface area contributed by atoms with Crippen LogP contribution in [0.15, 0.2) is 54.6 Å². The molecule has 1 N–H and O–H groups in total. The molecule has 0 bridgehead atoms. The molecule has 0 radical (unpaired) electrons. The first kappa shape index (κ1) is 18.4. The Bertz CT molecular complexity index is 694. The number of carbonyl (C=O) groups is 1. The van der Waals surface area contributed by atoms with Gasteiger partial charge >= 0.3 is 0 Å². The number of halogens is 1. The van der Waals surface area contributed by atoms with Crippen LogP contribution in [0.25, 0.3) is 0 Å². The van der Waals surface area contributed by atoms with Crippen molar-refractivity contribution in [1.29, 1.82) is 0 Å². The smallest absolute Gasteiger partial charge is 0.257 e. The molecule has 6 heteroatoms. The van der Waals surface area contributed by atoms with Crippen LogP contribution in [0.3, 0.4) is 0 Å². The lowest BCUT2D eigenvalue weighted by Gasteiger charge is -2.33. The highest BCUT2D eigenvalue weighted by atomic mass is 19.1. The standard InChI is InChI=1S/C20H23FN2O3/c21-17-6-8-18(9-7-17)26-15-20(24)22-10-11-23-12-13-25-19(14-23)16-4-2-1-3-5-16/h1-9,19H,10-15H2,(H,22,24). The molecule has 138 valence electrons. The summed E-state index contributed by atoms with van der Waals surface area (Å²) in [6.07, 6.45) is 0.0717. The number of carbonyl (C=O) groups excluding carboxylic acids is 1. The number of nitrogens with zero attached hydrogens (tertiary/aromatic N) is 1. The highest BCUT2D eigenvalue weighted by molar-refractivity contribution is 5.77. The number of amides is 1. The minimum Gasteiger partial charge on any atom is -0.484 e. The number of benzene rings is 2. The molecule has 2 aromatic carbocycles. The molecule has 0 aliphatic carbocycles. The number of rotatable bonds is 7. The molecule has 0 aromatic heterocycles. The molecule has 1 aliphatic rings. The first-order valence-electron chi connectivity index (χ1n) is 8.75. The Labute approximate surface area is 152 Å². The van der Waals surface area contributed by atoms with Crippen LogP contribution in [-0.4, -0.2) is 50.2 Å². The molecule has 1 aliphatic heterocycles. The molecular weight excluding hydrogens is 335 g/mol. The molecule has 1 unspecified atom stereocenters. The monoisotopic (exact) mass is 358 g/mol. The lowest BCUT2D eigenvalue weighted by molar-refractivity contribution is -0.123. The van der Waals surface area contributed by atoms with Crippen LogP contribution in [0, 0.1) is 5.82 Å². The molecule has 1 heterocycles. The summed E-state index contributed by atoms with van der Waals surface area (Å²) in [5.41, 5.74) is 1.17. The second kappa shape index (κ2) is 9.31. The molecular formula is C20H23FN2O3. The SMILES string of the molecule is O=C(COc1ccc(F)cc1)NCCN1CCOC(c2ccccc2)C1. The predicted molar refractivity (Wildman–Crippen MR) is 96.5 cm³/mol. The zero-order valence-electron chi connectivity index (χ0n) is 14.6. The lowest BCUT2D eigenvalue weighted by atomic mass is 10.1. The van der Waals surface area contributed by atoms with Gasteiger partial charge in [0, 0.05) is 26.2 Å². The van der Waals surface area contributed by atoms with Crippen molar-refractivity contribution in [2.45, 2.75) is 6.10 Å². The van der Waals surface area contributed by atoms with Gasteiger partial charge in [0.2, 0.25) is 0 Å². The maximum Gasteiger partial charge on any atom is 0.257 e. The van der Waals surface area contributed by atoms with E-state index in [0.717, 1.165) is 19.6 Å². The van der Waals surface area contributed by atoms with Crippen molar-refractivity contribution in [3.8, 4) is 5.75 Å². The largest absolute Gasteiger partial charge is 0.484 e. The van der Waals surface area contributed by atoms with Crippen molar-refractivity contribution < 1.29 is 18.7 Å². The van der Waals surface area contributed by atoms with Crippen LogP contribution >= 0.6 is 0 Å². The van der Waals surface area contributed by atoms with Gasteiger partial charge in [-0.05, 0) is 29.8 Å². The third kappa shape index (κ3) is 5.54. The Morgan fingerprint density at radius 3 is 2.73 bits per heavy atom. The van der Waals surface area contributed by atoms with Gasteiger partial charge in [-0.2, -0.15) is 0 Å². The van der Waals surface area contributed by atoms with Gasteiger partial charge in [0.1, 0.15) is 11.6 Å². The van der Waals surface area contributed by atoms with Gasteiger partial charge in [-0.3, -0.25) is 9.69 Å². The second-order valence-electron chi connectivity index (χ2n) is 6.16. The molecule has 1 amide bonds. The summed E-state index contributed by atoms with van der Waals surface area (Å²) in [4.78, 5) is 14.1. The Balaban J connectivity index is 1.36. The number of morpholine rings is 1. The van der Waals surface area contributed by atoms with E-state index >= 15 is 0 Å². The summed E-state index contributed by atoms with van der Waals surface area (Å²) >= 11 is 0. The Morgan fingerprint density at radius 2 is 1.96 bits per heavy atom. The van der Waals surface area contributed by atoms with E-state index in [0.29, 0.717) is 18.9 Å². The highest BCUT2D eigenvalue weighted by Crippen LogP contribution is 2.21. The van der Waals surface area contributed by atoms with Crippen molar-refractivity contribution >= 4 is 5.91 Å². The van der Waals surface area contributed by atoms with E-state index in [1.165, 1.54) is 29.8 Å². The molecule has 1 saturated heterocycles. The van der Waals surface area contributed by atoms with Crippen molar-refractivity contribution in [2.24, 2.45) is 0 Å². The lowest BCUT2D eigenvalue weighted by Crippen LogP contribution is -2.43. The van der Waals surface area contributed by atoms with E-state index < -0.39 is 0 Å². The number of nitrogens with one attached hydrogen (secondary N) is 1. The molecule has 26 heavy (non-hydrogen) atoms. The van der Waals surface area contributed by atoms with Crippen molar-refractivity contribution in [1.82, 2.24) is 10.2 Å². The number of hydrogen-bond donors (Lipinski definition) is 1. The van der Waals surface area contributed by atoms with E-state index in [4.69, 9.17) is 9.47 Å². The van der Waals surface area contributed by atoms with Gasteiger partial charge in [-0.15, -0.1) is 0 Å². The van der Waals surface area contributed by atoms with Gasteiger partial charge < -0.3 is 14.8 Å². The van der Waals surface area contributed by atoms with Crippen LogP contribution in [-0.2, 0) is 9.53 Å². The normalized spacial score (nSPS) is 17.7. The third-order valence-electron chi connectivity index (χ3n) is 4.26. The fraction of sp³-hybridized carbons (Fsp3) is 0.350. The minimum absolute atomic E-state index is 0.0717. The van der Waals surface area contributed by atoms with Crippen LogP contribution in [0.2, 0.25) is 0 Å². The van der Waals surface area contributed by atoms with Gasteiger partial charge in [0.25, 0.3) is 5.91 Å². The summed E-state index contributed by atoms with van der Waals surface area (Å²) in [5.74, 6) is -0.0521. The molecule has 5 nitrogen and oxygen atoms in total. The molecule has 0 saturated carbocycles. The topological polar surface area (TPSA) is 50.8 Å². The quantitative estimate of drug-likeness (QED) is 0.826. The maximum atomic E-state index is 12.8. The van der Waals surface area contributed by atoms with Crippen LogP contribution < -0.4 is 10.1 Å². The summed E-state index contributed by atoms with van der Waals surface area (Å²) in [5, 5.41) is 2.85. The number of ether oxygens (including phenoxy) is 2. The average molecular weight is 358 g/mol. The molecule has 0 spiro atoms. The van der Waals surface area contributed by atoms with E-state index in [-0.39, 0.29) is 24.4 Å². The zero-order valence-corrected chi connectivity index (χ0v) is 14.6. The fourth-order valence-corrected chi connectivity index (χ4v) is 2.86. The molecule has 2 aromatic rings. The summed E-state index contributed by atoms with van der Waals surface area (Å²) in [6, 6.07) is 15.8. The predicted octanol–water partition coefficient (Wildman–Crippen LogP) is 2.39. The van der Waals surface area contributed by atoms with Gasteiger partial charge in [-0.1, -0.05) is 30.3 Å². The van der Waals surface area contributed by atoms with E-state index in [2.05, 4.69) is 22.3 Å². The molecule has 3 rings (SSSR count). The Kier molecular flexibility index (Phi) is 6.57. The third-order valence-corrected chi connectivity index (χ3v) is 4.26. The van der Waals surface area contributed by atoms with Gasteiger partial charge in [-0.25, -0.2) is 4.39 Å². The summed E-state index contributed by atoms with van der Waals surface area (Å²) in [6.45, 7) is 3.57. The van der Waals surface area contributed by atoms with Crippen molar-refractivity contribution in [2.75, 3.05) is 39.4 Å². The first-order chi connectivity index (χ1) is 12.7. The van der Waals surface area contributed by atoms with Gasteiger partial charge in [0.05, 0.1) is 12.7 Å². The minimum atomic E-state index is -0.332. The van der Waals surface area contributed by atoms with Crippen LogP contribution in [0.5, 0.6) is 5.75 Å². The van der Waals surface area contributed by atoms with E-state index in [9.17, 15) is 9.18 Å². The summed E-state index contributed by atoms with van der Waals surface area (Å²) < 4.78 is 24.0. The van der Waals surface area contributed by atoms with Crippen molar-refractivity contribution in [3.63, 3.8) is 0 Å².